The molecule has 4 N–H and O–H groups in total. The van der Waals surface area contributed by atoms with Gasteiger partial charge in [0.05, 0.1) is 23.5 Å². The van der Waals surface area contributed by atoms with Gasteiger partial charge >= 0.3 is 5.97 Å². The molecule has 0 spiro atoms. The Bertz CT molecular complexity index is 595. The molecule has 1 aliphatic rings. The van der Waals surface area contributed by atoms with Crippen molar-refractivity contribution < 1.29 is 14.3 Å². The molecule has 1 saturated carbocycles. The fraction of sp³-hybridized carbons (Fsp3) is 0.556. The van der Waals surface area contributed by atoms with E-state index in [9.17, 15) is 9.59 Å². The zero-order valence-corrected chi connectivity index (χ0v) is 15.7. The maximum atomic E-state index is 12.6. The maximum absolute atomic E-state index is 12.6. The van der Waals surface area contributed by atoms with Gasteiger partial charge in [-0.25, -0.2) is 4.79 Å². The first-order valence-corrected chi connectivity index (χ1v) is 8.66. The van der Waals surface area contributed by atoms with Crippen molar-refractivity contribution in [3.05, 3.63) is 23.8 Å². The second kappa shape index (κ2) is 10.3. The molecule has 0 saturated heterocycles. The van der Waals surface area contributed by atoms with E-state index in [2.05, 4.69) is 10.6 Å². The summed E-state index contributed by atoms with van der Waals surface area (Å²) in [4.78, 5) is 24.6. The van der Waals surface area contributed by atoms with Crippen LogP contribution in [0.15, 0.2) is 18.2 Å². The summed E-state index contributed by atoms with van der Waals surface area (Å²) in [5.74, 6) is -0.239. The minimum absolute atomic E-state index is 0. The summed E-state index contributed by atoms with van der Waals surface area (Å²) in [6.45, 7) is 5.31. The molecule has 1 amide bonds. The largest absolute Gasteiger partial charge is 0.462 e. The van der Waals surface area contributed by atoms with Crippen LogP contribution in [-0.2, 0) is 9.53 Å². The molecule has 0 aromatic heterocycles. The number of nitrogens with two attached hydrogens (primary N) is 1. The average molecular weight is 370 g/mol. The highest BCUT2D eigenvalue weighted by Crippen LogP contribution is 2.33. The summed E-state index contributed by atoms with van der Waals surface area (Å²) in [5, 5.41) is 6.18. The summed E-state index contributed by atoms with van der Waals surface area (Å²) in [5.41, 5.74) is 7.60. The lowest BCUT2D eigenvalue weighted by atomic mass is 9.95. The van der Waals surface area contributed by atoms with Crippen molar-refractivity contribution in [3.63, 3.8) is 0 Å². The van der Waals surface area contributed by atoms with Gasteiger partial charge in [-0.05, 0) is 57.4 Å². The van der Waals surface area contributed by atoms with Crippen LogP contribution in [0.25, 0.3) is 0 Å². The number of hydrogen-bond donors (Lipinski definition) is 3. The Balaban J connectivity index is 0.00000312. The molecule has 140 valence electrons. The summed E-state index contributed by atoms with van der Waals surface area (Å²) in [7, 11) is 0. The smallest absolute Gasteiger partial charge is 0.338 e. The number of carbonyl (C=O) groups is 2. The Morgan fingerprint density at radius 2 is 2.00 bits per heavy atom. The Morgan fingerprint density at radius 3 is 2.64 bits per heavy atom. The first-order valence-electron chi connectivity index (χ1n) is 8.66. The number of amides is 1. The second-order valence-electron chi connectivity index (χ2n) is 6.03. The van der Waals surface area contributed by atoms with Crippen LogP contribution in [0.1, 0.15) is 43.5 Å². The van der Waals surface area contributed by atoms with E-state index in [1.54, 1.807) is 25.1 Å². The van der Waals surface area contributed by atoms with Crippen molar-refractivity contribution in [2.45, 2.75) is 33.1 Å². The van der Waals surface area contributed by atoms with Crippen LogP contribution >= 0.6 is 12.4 Å². The molecule has 2 rings (SSSR count). The van der Waals surface area contributed by atoms with Crippen molar-refractivity contribution in [3.8, 4) is 0 Å². The highest BCUT2D eigenvalue weighted by atomic mass is 35.5. The van der Waals surface area contributed by atoms with Gasteiger partial charge in [0.1, 0.15) is 0 Å². The van der Waals surface area contributed by atoms with Crippen molar-refractivity contribution in [2.75, 3.05) is 30.3 Å². The third-order valence-electron chi connectivity index (χ3n) is 4.45. The molecule has 25 heavy (non-hydrogen) atoms. The Morgan fingerprint density at radius 1 is 1.24 bits per heavy atom. The van der Waals surface area contributed by atoms with Crippen LogP contribution in [-0.4, -0.2) is 31.6 Å². The van der Waals surface area contributed by atoms with Crippen LogP contribution in [0, 0.1) is 11.8 Å². The quantitative estimate of drug-likeness (QED) is 0.642. The number of anilines is 2. The molecule has 1 aromatic rings. The number of esters is 1. The molecular formula is C18H28ClN3O3. The molecule has 1 fully saturated rings. The van der Waals surface area contributed by atoms with Gasteiger partial charge in [-0.2, -0.15) is 0 Å². The highest BCUT2D eigenvalue weighted by molar-refractivity contribution is 5.99. The second-order valence-corrected chi connectivity index (χ2v) is 6.03. The number of ether oxygens (including phenoxy) is 1. The molecule has 0 heterocycles. The summed E-state index contributed by atoms with van der Waals surface area (Å²) in [6, 6.07) is 5.16. The first kappa shape index (κ1) is 21.3. The van der Waals surface area contributed by atoms with Gasteiger partial charge in [-0.1, -0.05) is 6.42 Å². The molecule has 1 aliphatic carbocycles. The standard InChI is InChI=1S/C18H27N3O3.ClH/c1-3-20-15-9-8-12(18(23)24-4-2)10-16(15)21-17(22)14-7-5-6-13(14)11-19;/h8-10,13-14,20H,3-7,11,19H2,1-2H3,(H,21,22);1H/t13-,14-;/m1./s1. The van der Waals surface area contributed by atoms with Gasteiger partial charge in [0.15, 0.2) is 0 Å². The van der Waals surface area contributed by atoms with Crippen molar-refractivity contribution >= 4 is 35.7 Å². The van der Waals surface area contributed by atoms with E-state index in [0.717, 1.165) is 31.5 Å². The molecule has 0 aliphatic heterocycles. The number of hydrogen-bond acceptors (Lipinski definition) is 5. The molecule has 6 nitrogen and oxygen atoms in total. The van der Waals surface area contributed by atoms with Crippen LogP contribution in [0.2, 0.25) is 0 Å². The van der Waals surface area contributed by atoms with Crippen LogP contribution in [0.3, 0.4) is 0 Å². The highest BCUT2D eigenvalue weighted by Gasteiger charge is 2.32. The zero-order chi connectivity index (χ0) is 17.5. The van der Waals surface area contributed by atoms with E-state index >= 15 is 0 Å². The minimum atomic E-state index is -0.392. The molecule has 0 bridgehead atoms. The van der Waals surface area contributed by atoms with Gasteiger partial charge in [0.25, 0.3) is 0 Å². The molecule has 0 radical (unpaired) electrons. The third-order valence-corrected chi connectivity index (χ3v) is 4.45. The molecule has 2 atom stereocenters. The van der Waals surface area contributed by atoms with Gasteiger partial charge in [-0.3, -0.25) is 4.79 Å². The SMILES string of the molecule is CCNc1ccc(C(=O)OCC)cc1NC(=O)[C@@H]1CCC[C@@H]1CN.Cl. The predicted molar refractivity (Wildman–Crippen MR) is 102 cm³/mol. The number of halogens is 1. The fourth-order valence-electron chi connectivity index (χ4n) is 3.22. The van der Waals surface area contributed by atoms with Crippen molar-refractivity contribution in [1.82, 2.24) is 0 Å². The summed E-state index contributed by atoms with van der Waals surface area (Å²) >= 11 is 0. The van der Waals surface area contributed by atoms with Crippen LogP contribution < -0.4 is 16.4 Å². The zero-order valence-electron chi connectivity index (χ0n) is 14.8. The third kappa shape index (κ3) is 5.34. The van der Waals surface area contributed by atoms with E-state index in [0.29, 0.717) is 24.4 Å². The van der Waals surface area contributed by atoms with E-state index in [1.165, 1.54) is 0 Å². The van der Waals surface area contributed by atoms with Crippen LogP contribution in [0.5, 0.6) is 0 Å². The number of carbonyl (C=O) groups excluding carboxylic acids is 2. The lowest BCUT2D eigenvalue weighted by Crippen LogP contribution is -2.30. The van der Waals surface area contributed by atoms with Gasteiger partial charge < -0.3 is 21.1 Å². The minimum Gasteiger partial charge on any atom is -0.462 e. The predicted octanol–water partition coefficient (Wildman–Crippen LogP) is 3.03. The van der Waals surface area contributed by atoms with E-state index in [1.807, 2.05) is 6.92 Å². The van der Waals surface area contributed by atoms with E-state index in [4.69, 9.17) is 10.5 Å². The Kier molecular flexibility index (Phi) is 8.72. The van der Waals surface area contributed by atoms with Gasteiger partial charge in [0.2, 0.25) is 5.91 Å². The first-order chi connectivity index (χ1) is 11.6. The monoisotopic (exact) mass is 369 g/mol. The number of benzene rings is 1. The molecular weight excluding hydrogens is 342 g/mol. The van der Waals surface area contributed by atoms with Crippen molar-refractivity contribution in [2.24, 2.45) is 17.6 Å². The summed E-state index contributed by atoms with van der Waals surface area (Å²) in [6.07, 6.45) is 2.89. The van der Waals surface area contributed by atoms with Crippen LogP contribution in [0.4, 0.5) is 11.4 Å². The van der Waals surface area contributed by atoms with Gasteiger partial charge in [0, 0.05) is 12.5 Å². The topological polar surface area (TPSA) is 93.5 Å². The molecule has 1 aromatic carbocycles. The van der Waals surface area contributed by atoms with E-state index < -0.39 is 5.97 Å². The maximum Gasteiger partial charge on any atom is 0.338 e. The van der Waals surface area contributed by atoms with E-state index in [-0.39, 0.29) is 30.2 Å². The normalized spacial score (nSPS) is 19.0. The lowest BCUT2D eigenvalue weighted by Gasteiger charge is -2.19. The summed E-state index contributed by atoms with van der Waals surface area (Å²) < 4.78 is 5.03. The molecule has 7 heteroatoms. The fourth-order valence-corrected chi connectivity index (χ4v) is 3.22. The number of nitrogens with one attached hydrogen (secondary N) is 2. The lowest BCUT2D eigenvalue weighted by molar-refractivity contribution is -0.120. The van der Waals surface area contributed by atoms with Crippen molar-refractivity contribution in [1.29, 1.82) is 0 Å². The Labute approximate surface area is 155 Å². The molecule has 0 unspecified atom stereocenters. The average Bonchev–Trinajstić information content (AvgIpc) is 3.05. The number of rotatable bonds is 7. The van der Waals surface area contributed by atoms with Gasteiger partial charge in [-0.15, -0.1) is 12.4 Å². The Hall–Kier alpha value is -1.79.